The second-order valence-corrected chi connectivity index (χ2v) is 6.12. The highest BCUT2D eigenvalue weighted by Gasteiger charge is 2.37. The molecule has 0 N–H and O–H groups in total. The number of esters is 1. The van der Waals surface area contributed by atoms with Crippen LogP contribution in [-0.2, 0) is 19.1 Å². The maximum atomic E-state index is 12.8. The molecule has 25 heavy (non-hydrogen) atoms. The van der Waals surface area contributed by atoms with Gasteiger partial charge in [0, 0.05) is 19.4 Å². The fourth-order valence-corrected chi connectivity index (χ4v) is 2.93. The first-order chi connectivity index (χ1) is 11.9. The lowest BCUT2D eigenvalue weighted by molar-refractivity contribution is -0.138. The quantitative estimate of drug-likeness (QED) is 0.554. The van der Waals surface area contributed by atoms with Gasteiger partial charge in [-0.15, -0.1) is 0 Å². The molecule has 0 aromatic heterocycles. The van der Waals surface area contributed by atoms with Crippen molar-refractivity contribution in [1.29, 1.82) is 0 Å². The van der Waals surface area contributed by atoms with Gasteiger partial charge in [0.2, 0.25) is 0 Å². The minimum atomic E-state index is -0.544. The second kappa shape index (κ2) is 8.52. The van der Waals surface area contributed by atoms with Crippen LogP contribution in [0.15, 0.2) is 35.0 Å². The molecule has 1 aromatic rings. The lowest BCUT2D eigenvalue weighted by Gasteiger charge is -2.16. The van der Waals surface area contributed by atoms with Gasteiger partial charge in [0.1, 0.15) is 0 Å². The number of benzene rings is 1. The lowest BCUT2D eigenvalue weighted by Crippen LogP contribution is -2.28. The number of amides is 1. The van der Waals surface area contributed by atoms with Crippen molar-refractivity contribution in [2.45, 2.75) is 13.8 Å². The maximum absolute atomic E-state index is 12.8. The Morgan fingerprint density at radius 1 is 1.32 bits per heavy atom. The molecule has 0 aliphatic carbocycles. The highest BCUT2D eigenvalue weighted by molar-refractivity contribution is 6.43. The molecule has 0 unspecified atom stereocenters. The largest absolute Gasteiger partial charge is 0.462 e. The molecule has 134 valence electrons. The summed E-state index contributed by atoms with van der Waals surface area (Å²) in [5.41, 5.74) is 1.56. The van der Waals surface area contributed by atoms with Crippen molar-refractivity contribution < 1.29 is 19.1 Å². The van der Waals surface area contributed by atoms with E-state index in [1.165, 1.54) is 4.90 Å². The Labute approximate surface area is 156 Å². The number of ether oxygens (including phenoxy) is 2. The molecule has 0 spiro atoms. The van der Waals surface area contributed by atoms with Crippen LogP contribution in [-0.4, -0.2) is 43.6 Å². The van der Waals surface area contributed by atoms with Crippen molar-refractivity contribution in [2.24, 2.45) is 0 Å². The Morgan fingerprint density at radius 2 is 2.04 bits per heavy atom. The summed E-state index contributed by atoms with van der Waals surface area (Å²) in [6.07, 6.45) is 1.57. The van der Waals surface area contributed by atoms with Crippen LogP contribution in [0.3, 0.4) is 0 Å². The van der Waals surface area contributed by atoms with Gasteiger partial charge in [0.25, 0.3) is 5.91 Å². The predicted octanol–water partition coefficient (Wildman–Crippen LogP) is 3.70. The minimum Gasteiger partial charge on any atom is -0.462 e. The summed E-state index contributed by atoms with van der Waals surface area (Å²) in [4.78, 5) is 26.7. The molecule has 2 rings (SSSR count). The van der Waals surface area contributed by atoms with Crippen LogP contribution in [0.5, 0.6) is 0 Å². The predicted molar refractivity (Wildman–Crippen MR) is 97.4 cm³/mol. The summed E-state index contributed by atoms with van der Waals surface area (Å²) in [5, 5.41) is 0.691. The molecule has 1 amide bonds. The first kappa shape index (κ1) is 19.5. The number of halogens is 2. The number of methoxy groups -OCH3 is 1. The molecule has 0 saturated heterocycles. The van der Waals surface area contributed by atoms with Crippen LogP contribution in [0.25, 0.3) is 6.08 Å². The van der Waals surface area contributed by atoms with Gasteiger partial charge >= 0.3 is 5.97 Å². The van der Waals surface area contributed by atoms with Crippen LogP contribution in [0.2, 0.25) is 10.0 Å². The Balaban J connectivity index is 2.53. The molecule has 1 aromatic carbocycles. The number of hydrogen-bond acceptors (Lipinski definition) is 4. The van der Waals surface area contributed by atoms with Crippen molar-refractivity contribution >= 4 is 41.2 Å². The van der Waals surface area contributed by atoms with E-state index in [0.717, 1.165) is 0 Å². The zero-order valence-electron chi connectivity index (χ0n) is 14.3. The number of carbonyl (C=O) groups excluding carboxylic acids is 2. The maximum Gasteiger partial charge on any atom is 0.340 e. The van der Waals surface area contributed by atoms with E-state index in [-0.39, 0.29) is 23.7 Å². The third-order valence-corrected chi connectivity index (χ3v) is 4.62. The SMILES string of the molecule is CCOC(=O)C1=C(C)N(CCOC)C(=O)/C1=C\c1cccc(Cl)c1Cl. The first-order valence-electron chi connectivity index (χ1n) is 7.77. The summed E-state index contributed by atoms with van der Waals surface area (Å²) in [6, 6.07) is 5.11. The smallest absolute Gasteiger partial charge is 0.340 e. The van der Waals surface area contributed by atoms with Crippen molar-refractivity contribution in [2.75, 3.05) is 26.9 Å². The Bertz CT molecular complexity index is 755. The first-order valence-corrected chi connectivity index (χ1v) is 8.52. The van der Waals surface area contributed by atoms with E-state index >= 15 is 0 Å². The highest BCUT2D eigenvalue weighted by atomic mass is 35.5. The van der Waals surface area contributed by atoms with Gasteiger partial charge in [0.15, 0.2) is 0 Å². The number of carbonyl (C=O) groups is 2. The summed E-state index contributed by atoms with van der Waals surface area (Å²) < 4.78 is 10.2. The zero-order valence-corrected chi connectivity index (χ0v) is 15.8. The molecule has 0 radical (unpaired) electrons. The molecule has 0 bridgehead atoms. The molecular weight excluding hydrogens is 365 g/mol. The van der Waals surface area contributed by atoms with Gasteiger partial charge in [0.05, 0.1) is 34.4 Å². The lowest BCUT2D eigenvalue weighted by atomic mass is 10.0. The number of rotatable bonds is 6. The van der Waals surface area contributed by atoms with E-state index in [2.05, 4.69) is 0 Å². The van der Waals surface area contributed by atoms with Gasteiger partial charge in [-0.2, -0.15) is 0 Å². The van der Waals surface area contributed by atoms with Crippen LogP contribution in [0, 0.1) is 0 Å². The van der Waals surface area contributed by atoms with Crippen LogP contribution < -0.4 is 0 Å². The average Bonchev–Trinajstić information content (AvgIpc) is 2.80. The fourth-order valence-electron chi connectivity index (χ4n) is 2.57. The van der Waals surface area contributed by atoms with Gasteiger partial charge < -0.3 is 14.4 Å². The second-order valence-electron chi connectivity index (χ2n) is 5.33. The summed E-state index contributed by atoms with van der Waals surface area (Å²) in [5.74, 6) is -0.841. The van der Waals surface area contributed by atoms with Crippen molar-refractivity contribution in [1.82, 2.24) is 4.90 Å². The molecule has 1 aliphatic heterocycles. The van der Waals surface area contributed by atoms with Crippen LogP contribution in [0.4, 0.5) is 0 Å². The van der Waals surface area contributed by atoms with Crippen LogP contribution >= 0.6 is 23.2 Å². The standard InChI is InChI=1S/C18H19Cl2NO4/c1-4-25-18(23)15-11(2)21(8-9-24-3)17(22)13(15)10-12-6-5-7-14(19)16(12)20/h5-7,10H,4,8-9H2,1-3H3/b13-10-. The normalized spacial score (nSPS) is 16.1. The van der Waals surface area contributed by atoms with Gasteiger partial charge in [-0.3, -0.25) is 4.79 Å². The van der Waals surface area contributed by atoms with Crippen molar-refractivity contribution in [3.63, 3.8) is 0 Å². The number of hydrogen-bond donors (Lipinski definition) is 0. The Morgan fingerprint density at radius 3 is 2.68 bits per heavy atom. The summed E-state index contributed by atoms with van der Waals surface area (Å²) in [6.45, 7) is 4.33. The van der Waals surface area contributed by atoms with E-state index in [9.17, 15) is 9.59 Å². The van der Waals surface area contributed by atoms with E-state index in [1.807, 2.05) is 0 Å². The zero-order chi connectivity index (χ0) is 18.6. The Kier molecular flexibility index (Phi) is 6.64. The summed E-state index contributed by atoms with van der Waals surface area (Å²) in [7, 11) is 1.55. The molecule has 5 nitrogen and oxygen atoms in total. The number of nitrogens with zero attached hydrogens (tertiary/aromatic N) is 1. The van der Waals surface area contributed by atoms with E-state index < -0.39 is 5.97 Å². The monoisotopic (exact) mass is 383 g/mol. The molecular formula is C18H19Cl2NO4. The third-order valence-electron chi connectivity index (χ3n) is 3.79. The average molecular weight is 384 g/mol. The minimum absolute atomic E-state index is 0.215. The van der Waals surface area contributed by atoms with Crippen molar-refractivity contribution in [3.05, 3.63) is 50.7 Å². The highest BCUT2D eigenvalue weighted by Crippen LogP contribution is 2.34. The molecule has 0 fully saturated rings. The van der Waals surface area contributed by atoms with E-state index in [1.54, 1.807) is 45.2 Å². The van der Waals surface area contributed by atoms with E-state index in [0.29, 0.717) is 34.5 Å². The molecule has 7 heteroatoms. The molecule has 1 aliphatic rings. The Hall–Kier alpha value is -1.82. The fraction of sp³-hybridized carbons (Fsp3) is 0.333. The van der Waals surface area contributed by atoms with Crippen molar-refractivity contribution in [3.8, 4) is 0 Å². The molecule has 1 heterocycles. The number of allylic oxidation sites excluding steroid dienone is 1. The summed E-state index contributed by atoms with van der Waals surface area (Å²) >= 11 is 12.2. The third kappa shape index (κ3) is 4.06. The van der Waals surface area contributed by atoms with Gasteiger partial charge in [-0.1, -0.05) is 35.3 Å². The van der Waals surface area contributed by atoms with Gasteiger partial charge in [-0.25, -0.2) is 4.79 Å². The topological polar surface area (TPSA) is 55.8 Å². The van der Waals surface area contributed by atoms with E-state index in [4.69, 9.17) is 32.7 Å². The van der Waals surface area contributed by atoms with Crippen LogP contribution in [0.1, 0.15) is 19.4 Å². The van der Waals surface area contributed by atoms with Gasteiger partial charge in [-0.05, 0) is 31.6 Å². The molecule has 0 atom stereocenters. The molecule has 0 saturated carbocycles.